The van der Waals surface area contributed by atoms with Crippen molar-refractivity contribution in [3.05, 3.63) is 42.0 Å². The van der Waals surface area contributed by atoms with Crippen molar-refractivity contribution in [2.45, 2.75) is 19.8 Å². The zero-order valence-electron chi connectivity index (χ0n) is 10.6. The second-order valence-electron chi connectivity index (χ2n) is 3.52. The van der Waals surface area contributed by atoms with Crippen LogP contribution in [0.1, 0.15) is 19.4 Å². The van der Waals surface area contributed by atoms with E-state index in [1.54, 1.807) is 19.9 Å². The summed E-state index contributed by atoms with van der Waals surface area (Å²) in [7, 11) is -3.70. The van der Waals surface area contributed by atoms with Gasteiger partial charge in [0.2, 0.25) is 5.91 Å². The van der Waals surface area contributed by atoms with Crippen LogP contribution in [-0.4, -0.2) is 19.1 Å². The molecule has 0 radical (unpaired) electrons. The molecule has 100 valence electrons. The summed E-state index contributed by atoms with van der Waals surface area (Å²) in [5.41, 5.74) is 0.833. The molecule has 0 amide bonds. The van der Waals surface area contributed by atoms with Crippen molar-refractivity contribution in [3.8, 4) is 0 Å². The van der Waals surface area contributed by atoms with Crippen LogP contribution in [-0.2, 0) is 13.6 Å². The summed E-state index contributed by atoms with van der Waals surface area (Å²) in [4.78, 5) is 0. The maximum atomic E-state index is 13.9. The van der Waals surface area contributed by atoms with E-state index in [2.05, 4.69) is 0 Å². The lowest BCUT2D eigenvalue weighted by Gasteiger charge is -2.18. The molecule has 18 heavy (non-hydrogen) atoms. The van der Waals surface area contributed by atoms with Crippen molar-refractivity contribution in [2.75, 3.05) is 13.2 Å². The highest BCUT2D eigenvalue weighted by Crippen LogP contribution is 2.54. The summed E-state index contributed by atoms with van der Waals surface area (Å²) in [6.07, 6.45) is 2.77. The van der Waals surface area contributed by atoms with Crippen LogP contribution in [0.3, 0.4) is 0 Å². The van der Waals surface area contributed by atoms with Crippen LogP contribution >= 0.6 is 7.60 Å². The Kier molecular flexibility index (Phi) is 6.27. The quantitative estimate of drug-likeness (QED) is 0.696. The average molecular weight is 272 g/mol. The first-order chi connectivity index (χ1) is 8.62. The minimum Gasteiger partial charge on any atom is -0.307 e. The fraction of sp³-hybridized carbons (Fsp3) is 0.385. The van der Waals surface area contributed by atoms with E-state index in [0.717, 1.165) is 5.56 Å². The first-order valence-corrected chi connectivity index (χ1v) is 7.49. The van der Waals surface area contributed by atoms with Gasteiger partial charge in [-0.05, 0) is 25.5 Å². The molecular weight excluding hydrogens is 254 g/mol. The predicted molar refractivity (Wildman–Crippen MR) is 71.2 cm³/mol. The summed E-state index contributed by atoms with van der Waals surface area (Å²) < 4.78 is 35.8. The topological polar surface area (TPSA) is 35.5 Å². The van der Waals surface area contributed by atoms with Gasteiger partial charge in [0.1, 0.15) is 0 Å². The Morgan fingerprint density at radius 3 is 2.28 bits per heavy atom. The molecule has 0 saturated carbocycles. The first kappa shape index (κ1) is 15.1. The van der Waals surface area contributed by atoms with Crippen molar-refractivity contribution in [2.24, 2.45) is 0 Å². The Hall–Kier alpha value is -0.960. The summed E-state index contributed by atoms with van der Waals surface area (Å²) in [5, 5.41) is 0. The third kappa shape index (κ3) is 4.37. The molecule has 0 fully saturated rings. The molecule has 1 aromatic rings. The lowest BCUT2D eigenvalue weighted by Crippen LogP contribution is -2.05. The SMILES string of the molecule is CCOP(=O)(OCC)C(F)/C=C\c1ccccc1. The van der Waals surface area contributed by atoms with E-state index in [1.165, 1.54) is 6.08 Å². The Balaban J connectivity index is 2.76. The molecule has 0 bridgehead atoms. The van der Waals surface area contributed by atoms with Gasteiger partial charge < -0.3 is 9.05 Å². The van der Waals surface area contributed by atoms with Crippen LogP contribution in [0.2, 0.25) is 0 Å². The predicted octanol–water partition coefficient (Wildman–Crippen LogP) is 4.26. The number of benzene rings is 1. The van der Waals surface area contributed by atoms with Gasteiger partial charge in [0.15, 0.2) is 0 Å². The summed E-state index contributed by atoms with van der Waals surface area (Å²) in [5.74, 6) is -1.75. The van der Waals surface area contributed by atoms with E-state index in [4.69, 9.17) is 9.05 Å². The highest BCUT2D eigenvalue weighted by molar-refractivity contribution is 7.54. The fourth-order valence-electron chi connectivity index (χ4n) is 1.40. The second kappa shape index (κ2) is 7.47. The van der Waals surface area contributed by atoms with Gasteiger partial charge in [-0.1, -0.05) is 36.4 Å². The van der Waals surface area contributed by atoms with Crippen LogP contribution in [0.5, 0.6) is 0 Å². The van der Waals surface area contributed by atoms with E-state index in [9.17, 15) is 8.96 Å². The van der Waals surface area contributed by atoms with E-state index in [1.807, 2.05) is 30.3 Å². The average Bonchev–Trinajstić information content (AvgIpc) is 2.37. The van der Waals surface area contributed by atoms with Crippen LogP contribution in [0, 0.1) is 0 Å². The Bertz CT molecular complexity index is 410. The highest BCUT2D eigenvalue weighted by atomic mass is 31.2. The Morgan fingerprint density at radius 2 is 1.78 bits per heavy atom. The smallest absolute Gasteiger partial charge is 0.307 e. The number of hydrogen-bond donors (Lipinski definition) is 0. The third-order valence-corrected chi connectivity index (χ3v) is 4.18. The molecule has 0 saturated heterocycles. The van der Waals surface area contributed by atoms with Crippen molar-refractivity contribution in [1.29, 1.82) is 0 Å². The van der Waals surface area contributed by atoms with Crippen LogP contribution < -0.4 is 0 Å². The summed E-state index contributed by atoms with van der Waals surface area (Å²) >= 11 is 0. The highest BCUT2D eigenvalue weighted by Gasteiger charge is 2.33. The lowest BCUT2D eigenvalue weighted by molar-refractivity contribution is 0.199. The molecule has 1 aromatic carbocycles. The van der Waals surface area contributed by atoms with E-state index >= 15 is 0 Å². The Labute approximate surface area is 107 Å². The lowest BCUT2D eigenvalue weighted by atomic mass is 10.2. The summed E-state index contributed by atoms with van der Waals surface area (Å²) in [6.45, 7) is 3.60. The van der Waals surface area contributed by atoms with Crippen LogP contribution in [0.25, 0.3) is 6.08 Å². The van der Waals surface area contributed by atoms with E-state index < -0.39 is 13.5 Å². The molecule has 0 aliphatic rings. The number of rotatable bonds is 7. The fourth-order valence-corrected chi connectivity index (χ4v) is 2.78. The molecule has 1 atom stereocenters. The minimum absolute atomic E-state index is 0.150. The van der Waals surface area contributed by atoms with E-state index in [-0.39, 0.29) is 13.2 Å². The number of allylic oxidation sites excluding steroid dienone is 1. The minimum atomic E-state index is -3.70. The van der Waals surface area contributed by atoms with Gasteiger partial charge in [-0.2, -0.15) is 0 Å². The van der Waals surface area contributed by atoms with Gasteiger partial charge in [0.25, 0.3) is 0 Å². The summed E-state index contributed by atoms with van der Waals surface area (Å²) in [6, 6.07) is 9.22. The van der Waals surface area contributed by atoms with Gasteiger partial charge in [-0.15, -0.1) is 0 Å². The normalized spacial score (nSPS) is 13.9. The molecule has 0 heterocycles. The maximum Gasteiger partial charge on any atom is 0.368 e. The molecule has 1 rings (SSSR count). The van der Waals surface area contributed by atoms with Gasteiger partial charge >= 0.3 is 7.60 Å². The van der Waals surface area contributed by atoms with Crippen molar-refractivity contribution >= 4 is 13.7 Å². The van der Waals surface area contributed by atoms with Crippen molar-refractivity contribution < 1.29 is 18.0 Å². The standard InChI is InChI=1S/C13H18FO3P/c1-3-16-18(15,17-4-2)13(14)11-10-12-8-6-5-7-9-12/h5-11,13H,3-4H2,1-2H3/b11-10-. The van der Waals surface area contributed by atoms with Crippen molar-refractivity contribution in [3.63, 3.8) is 0 Å². The molecule has 0 aromatic heterocycles. The van der Waals surface area contributed by atoms with E-state index in [0.29, 0.717) is 0 Å². The maximum absolute atomic E-state index is 13.9. The van der Waals surface area contributed by atoms with Gasteiger partial charge in [-0.25, -0.2) is 4.39 Å². The second-order valence-corrected chi connectivity index (χ2v) is 5.61. The number of hydrogen-bond acceptors (Lipinski definition) is 3. The zero-order chi connectivity index (χ0) is 13.4. The molecule has 1 unspecified atom stereocenters. The van der Waals surface area contributed by atoms with Gasteiger partial charge in [-0.3, -0.25) is 4.57 Å². The molecule has 0 aliphatic carbocycles. The number of alkyl halides is 1. The molecule has 5 heteroatoms. The van der Waals surface area contributed by atoms with Gasteiger partial charge in [0.05, 0.1) is 13.2 Å². The van der Waals surface area contributed by atoms with Gasteiger partial charge in [0, 0.05) is 0 Å². The molecule has 0 N–H and O–H groups in total. The third-order valence-electron chi connectivity index (χ3n) is 2.17. The monoisotopic (exact) mass is 272 g/mol. The number of halogens is 1. The van der Waals surface area contributed by atoms with Crippen LogP contribution in [0.4, 0.5) is 4.39 Å². The molecular formula is C13H18FO3P. The zero-order valence-corrected chi connectivity index (χ0v) is 11.5. The van der Waals surface area contributed by atoms with Crippen molar-refractivity contribution in [1.82, 2.24) is 0 Å². The first-order valence-electron chi connectivity index (χ1n) is 5.88. The molecule has 3 nitrogen and oxygen atoms in total. The molecule has 0 aliphatic heterocycles. The largest absolute Gasteiger partial charge is 0.368 e. The molecule has 0 spiro atoms. The van der Waals surface area contributed by atoms with Crippen LogP contribution in [0.15, 0.2) is 36.4 Å². The Morgan fingerprint density at radius 1 is 1.22 bits per heavy atom.